The van der Waals surface area contributed by atoms with Crippen LogP contribution in [0.15, 0.2) is 29.8 Å². The summed E-state index contributed by atoms with van der Waals surface area (Å²) in [7, 11) is 1.52. The van der Waals surface area contributed by atoms with Gasteiger partial charge in [-0.2, -0.15) is 0 Å². The second kappa shape index (κ2) is 12.8. The first-order valence-corrected chi connectivity index (χ1v) is 17.1. The Labute approximate surface area is 279 Å². The zero-order valence-corrected chi connectivity index (χ0v) is 28.0. The van der Waals surface area contributed by atoms with E-state index in [2.05, 4.69) is 17.2 Å². The number of allylic oxidation sites excluding steroid dienone is 1. The van der Waals surface area contributed by atoms with Crippen LogP contribution in [0.3, 0.4) is 0 Å². The lowest BCUT2D eigenvalue weighted by Gasteiger charge is -2.58. The lowest BCUT2D eigenvalue weighted by molar-refractivity contribution is -0.170. The number of amides is 1. The average molecular weight is 663 g/mol. The third-order valence-corrected chi connectivity index (χ3v) is 12.5. The first kappa shape index (κ1) is 33.9. The number of methoxy groups -OCH3 is 1. The van der Waals surface area contributed by atoms with E-state index >= 15 is 0 Å². The van der Waals surface area contributed by atoms with Crippen molar-refractivity contribution in [2.45, 2.75) is 90.1 Å². The molecule has 258 valence electrons. The van der Waals surface area contributed by atoms with Crippen molar-refractivity contribution in [1.82, 2.24) is 10.3 Å². The van der Waals surface area contributed by atoms with Crippen molar-refractivity contribution >= 4 is 40.3 Å². The maximum Gasteiger partial charge on any atom is 0.352 e. The van der Waals surface area contributed by atoms with E-state index in [0.717, 1.165) is 32.1 Å². The largest absolute Gasteiger partial charge is 0.497 e. The highest BCUT2D eigenvalue weighted by Gasteiger charge is 2.66. The molecule has 3 unspecified atom stereocenters. The molecule has 1 aromatic carbocycles. The Morgan fingerprint density at radius 3 is 2.54 bits per heavy atom. The monoisotopic (exact) mass is 662 g/mol. The van der Waals surface area contributed by atoms with Gasteiger partial charge in [-0.05, 0) is 104 Å². The molecular weight excluding hydrogens is 616 g/mol. The Kier molecular flexibility index (Phi) is 9.04. The third-order valence-electron chi connectivity index (χ3n) is 12.5. The van der Waals surface area contributed by atoms with Crippen LogP contribution in [-0.4, -0.2) is 70.5 Å². The molecule has 0 radical (unpaired) electrons. The predicted octanol–water partition coefficient (Wildman–Crippen LogP) is 4.69. The summed E-state index contributed by atoms with van der Waals surface area (Å²) in [5.74, 6) is -0.929. The number of aromatic amines is 1. The molecule has 6 atom stereocenters. The molecule has 3 saturated carbocycles. The molecule has 4 aliphatic carbocycles. The van der Waals surface area contributed by atoms with Crippen LogP contribution in [0.25, 0.3) is 10.9 Å². The number of rotatable bonds is 11. The third kappa shape index (κ3) is 5.73. The number of nitrogens with one attached hydrogen (secondary N) is 2. The molecule has 4 N–H and O–H groups in total. The number of hydrogen-bond acceptors (Lipinski definition) is 8. The number of H-pyrrole nitrogens is 1. The number of carbonyl (C=O) groups excluding carboxylic acids is 4. The number of aliphatic hydroxyl groups is 1. The van der Waals surface area contributed by atoms with Gasteiger partial charge in [0.25, 0.3) is 0 Å². The number of hydrogen-bond donors (Lipinski definition) is 4. The molecule has 0 saturated heterocycles. The number of ketones is 2. The van der Waals surface area contributed by atoms with E-state index in [0.29, 0.717) is 53.3 Å². The van der Waals surface area contributed by atoms with Crippen LogP contribution in [0.5, 0.6) is 5.75 Å². The summed E-state index contributed by atoms with van der Waals surface area (Å²) in [6.45, 7) is 3.94. The second-order valence-electron chi connectivity index (χ2n) is 14.7. The van der Waals surface area contributed by atoms with E-state index < -0.39 is 41.3 Å². The predicted molar refractivity (Wildman–Crippen MR) is 175 cm³/mol. The van der Waals surface area contributed by atoms with Gasteiger partial charge in [-0.1, -0.05) is 19.4 Å². The summed E-state index contributed by atoms with van der Waals surface area (Å²) in [5.41, 5.74) is 0.293. The number of carboxylic acids is 1. The van der Waals surface area contributed by atoms with Gasteiger partial charge in [0.2, 0.25) is 11.7 Å². The van der Waals surface area contributed by atoms with Gasteiger partial charge in [0.15, 0.2) is 12.4 Å². The number of aromatic nitrogens is 1. The van der Waals surface area contributed by atoms with Crippen molar-refractivity contribution in [2.75, 3.05) is 20.3 Å². The summed E-state index contributed by atoms with van der Waals surface area (Å²) < 4.78 is 10.5. The Hall–Kier alpha value is -3.99. The first-order chi connectivity index (χ1) is 22.8. The van der Waals surface area contributed by atoms with Crippen LogP contribution in [-0.2, 0) is 30.3 Å². The summed E-state index contributed by atoms with van der Waals surface area (Å²) in [5, 5.41) is 24.9. The van der Waals surface area contributed by atoms with E-state index in [1.165, 1.54) is 12.7 Å². The van der Waals surface area contributed by atoms with Crippen LogP contribution in [0, 0.1) is 28.6 Å². The Bertz CT molecular complexity index is 1690. The highest BCUT2D eigenvalue weighted by Crippen LogP contribution is 2.67. The molecule has 0 spiro atoms. The molecule has 4 aliphatic rings. The fourth-order valence-corrected chi connectivity index (χ4v) is 9.80. The Morgan fingerprint density at radius 1 is 1.02 bits per heavy atom. The number of aromatic carboxylic acids is 1. The normalized spacial score (nSPS) is 30.9. The van der Waals surface area contributed by atoms with E-state index in [1.54, 1.807) is 18.2 Å². The molecule has 1 heterocycles. The van der Waals surface area contributed by atoms with Crippen molar-refractivity contribution in [2.24, 2.45) is 28.6 Å². The number of carboxylic acid groups (broad SMARTS) is 1. The highest BCUT2D eigenvalue weighted by molar-refractivity contribution is 5.98. The van der Waals surface area contributed by atoms with Crippen molar-refractivity contribution in [1.29, 1.82) is 0 Å². The van der Waals surface area contributed by atoms with Crippen molar-refractivity contribution < 1.29 is 43.7 Å². The number of fused-ring (bicyclic) bond motifs is 6. The molecule has 1 aromatic heterocycles. The maximum absolute atomic E-state index is 13.5. The second-order valence-corrected chi connectivity index (χ2v) is 14.7. The van der Waals surface area contributed by atoms with Crippen molar-refractivity contribution in [3.8, 4) is 5.75 Å². The Morgan fingerprint density at radius 2 is 1.79 bits per heavy atom. The molecule has 11 nitrogen and oxygen atoms in total. The average Bonchev–Trinajstić information content (AvgIpc) is 3.57. The maximum atomic E-state index is 13.5. The molecule has 11 heteroatoms. The molecule has 2 aromatic rings. The van der Waals surface area contributed by atoms with Crippen LogP contribution in [0.2, 0.25) is 0 Å². The van der Waals surface area contributed by atoms with Gasteiger partial charge in [-0.15, -0.1) is 0 Å². The van der Waals surface area contributed by atoms with Gasteiger partial charge in [-0.3, -0.25) is 19.2 Å². The summed E-state index contributed by atoms with van der Waals surface area (Å²) in [4.78, 5) is 65.4. The van der Waals surface area contributed by atoms with Crippen LogP contribution in [0.4, 0.5) is 0 Å². The highest BCUT2D eigenvalue weighted by atomic mass is 16.5. The van der Waals surface area contributed by atoms with Crippen molar-refractivity contribution in [3.05, 3.63) is 41.1 Å². The lowest BCUT2D eigenvalue weighted by Crippen LogP contribution is -2.58. The molecule has 3 fully saturated rings. The smallest absolute Gasteiger partial charge is 0.352 e. The minimum atomic E-state index is -1.58. The van der Waals surface area contributed by atoms with Gasteiger partial charge >= 0.3 is 11.9 Å². The molecule has 1 amide bonds. The zero-order chi connectivity index (χ0) is 34.4. The molecule has 48 heavy (non-hydrogen) atoms. The number of benzene rings is 1. The lowest BCUT2D eigenvalue weighted by atomic mass is 9.46. The molecule has 0 bridgehead atoms. The topological polar surface area (TPSA) is 172 Å². The summed E-state index contributed by atoms with van der Waals surface area (Å²) >= 11 is 0. The summed E-state index contributed by atoms with van der Waals surface area (Å²) in [6, 6.07) is 5.20. The molecule has 6 rings (SSSR count). The molecular formula is C37H46N2O9. The van der Waals surface area contributed by atoms with Crippen molar-refractivity contribution in [3.63, 3.8) is 0 Å². The van der Waals surface area contributed by atoms with Gasteiger partial charge < -0.3 is 30.0 Å². The number of esters is 1. The van der Waals surface area contributed by atoms with E-state index in [1.807, 2.05) is 13.0 Å². The van der Waals surface area contributed by atoms with Crippen LogP contribution in [0.1, 0.15) is 94.1 Å². The van der Waals surface area contributed by atoms with E-state index in [-0.39, 0.29) is 48.6 Å². The van der Waals surface area contributed by atoms with E-state index in [4.69, 9.17) is 9.47 Å². The minimum absolute atomic E-state index is 0.00331. The van der Waals surface area contributed by atoms with Gasteiger partial charge in [-0.25, -0.2) is 4.79 Å². The fourth-order valence-electron chi connectivity index (χ4n) is 9.80. The quantitative estimate of drug-likeness (QED) is 0.249. The standard InChI is InChI=1S/C37H46N2O9/c1-35-14-10-22(40)18-21(35)4-6-25-27(35)11-15-36(2)28(25)12-16-37(36,46)30(41)20-48-32(43)9-8-31(42)38-17-13-24-26-19-23(47-3)5-7-29(26)39-33(24)34(44)45/h5,7,18-19,25,27-28,39,46H,4,6,8-17,20H2,1-3H3,(H,38,42)(H,44,45)/t25?,27?,28?,35-,36-,37-/m0/s1. The van der Waals surface area contributed by atoms with Crippen LogP contribution < -0.4 is 10.1 Å². The first-order valence-electron chi connectivity index (χ1n) is 17.1. The molecule has 0 aliphatic heterocycles. The van der Waals surface area contributed by atoms with Gasteiger partial charge in [0.05, 0.1) is 13.5 Å². The number of ether oxygens (including phenoxy) is 2. The SMILES string of the molecule is COc1ccc2[nH]c(C(=O)O)c(CCNC(=O)CCC(=O)OCC(=O)[C@@]3(O)CCC4C5CCC6=CC(=O)CC[C@]6(C)C5CC[C@@]43C)c2c1. The van der Waals surface area contributed by atoms with Gasteiger partial charge in [0.1, 0.15) is 17.0 Å². The Balaban J connectivity index is 0.990. The fraction of sp³-hybridized carbons (Fsp3) is 0.595. The van der Waals surface area contributed by atoms with Crippen LogP contribution >= 0.6 is 0 Å². The minimum Gasteiger partial charge on any atom is -0.497 e. The number of carbonyl (C=O) groups is 5. The zero-order valence-electron chi connectivity index (χ0n) is 28.0. The summed E-state index contributed by atoms with van der Waals surface area (Å²) in [6.07, 6.45) is 7.67. The van der Waals surface area contributed by atoms with Gasteiger partial charge in [0, 0.05) is 35.7 Å². The van der Waals surface area contributed by atoms with E-state index in [9.17, 15) is 34.2 Å². The number of Topliss-reactive ketones (excluding diaryl/α,β-unsaturated/α-hetero) is 1.